The van der Waals surface area contributed by atoms with E-state index < -0.39 is 0 Å². The van der Waals surface area contributed by atoms with Crippen molar-refractivity contribution in [3.8, 4) is 0 Å². The molecular formula is C8H10BN3O. The molecule has 0 saturated carbocycles. The van der Waals surface area contributed by atoms with Crippen molar-refractivity contribution in [3.05, 3.63) is 23.4 Å². The molecule has 0 saturated heterocycles. The van der Waals surface area contributed by atoms with Gasteiger partial charge < -0.3 is 10.6 Å². The number of aromatic nitrogens is 1. The zero-order valence-electron chi connectivity index (χ0n) is 7.59. The number of fused-ring (bicyclic) bond motifs is 1. The second-order valence-corrected chi connectivity index (χ2v) is 3.19. The molecule has 0 aliphatic carbocycles. The van der Waals surface area contributed by atoms with Crippen LogP contribution < -0.4 is 10.6 Å². The van der Waals surface area contributed by atoms with Gasteiger partial charge in [0.25, 0.3) is 5.91 Å². The van der Waals surface area contributed by atoms with Gasteiger partial charge in [0.1, 0.15) is 5.82 Å². The highest BCUT2D eigenvalue weighted by Gasteiger charge is 2.20. The zero-order valence-corrected chi connectivity index (χ0v) is 7.59. The molecule has 1 aromatic rings. The number of amides is 1. The number of rotatable bonds is 0. The summed E-state index contributed by atoms with van der Waals surface area (Å²) in [5.41, 5.74) is 1.52. The van der Waals surface area contributed by atoms with Crippen LogP contribution in [0.4, 0.5) is 5.82 Å². The molecule has 1 atom stereocenters. The number of hydrogen-bond acceptors (Lipinski definition) is 3. The lowest BCUT2D eigenvalue weighted by Gasteiger charge is -2.24. The van der Waals surface area contributed by atoms with Crippen LogP contribution >= 0.6 is 0 Å². The summed E-state index contributed by atoms with van der Waals surface area (Å²) >= 11 is 0. The summed E-state index contributed by atoms with van der Waals surface area (Å²) in [5, 5.41) is 5.85. The van der Waals surface area contributed by atoms with Crippen molar-refractivity contribution in [2.45, 2.75) is 13.0 Å². The van der Waals surface area contributed by atoms with E-state index in [0.717, 1.165) is 5.69 Å². The fraction of sp³-hybridized carbons (Fsp3) is 0.250. The Bertz CT molecular complexity index is 366. The van der Waals surface area contributed by atoms with Gasteiger partial charge in [-0.3, -0.25) is 4.79 Å². The summed E-state index contributed by atoms with van der Waals surface area (Å²) in [6, 6.07) is 3.57. The van der Waals surface area contributed by atoms with Crippen LogP contribution in [0.2, 0.25) is 0 Å². The van der Waals surface area contributed by atoms with Crippen molar-refractivity contribution in [2.75, 3.05) is 5.32 Å². The molecule has 0 bridgehead atoms. The third-order valence-electron chi connectivity index (χ3n) is 1.98. The molecule has 66 valence electrons. The first-order valence-corrected chi connectivity index (χ1v) is 4.22. The molecule has 0 aromatic carbocycles. The van der Waals surface area contributed by atoms with Crippen molar-refractivity contribution >= 4 is 19.6 Å². The van der Waals surface area contributed by atoms with Gasteiger partial charge in [-0.15, -0.1) is 0 Å². The number of nitrogens with one attached hydrogen (secondary N) is 2. The third-order valence-corrected chi connectivity index (χ3v) is 1.98. The van der Waals surface area contributed by atoms with Gasteiger partial charge in [-0.2, -0.15) is 0 Å². The van der Waals surface area contributed by atoms with Gasteiger partial charge in [-0.1, -0.05) is 0 Å². The van der Waals surface area contributed by atoms with Gasteiger partial charge in [0.2, 0.25) is 0 Å². The number of nitrogens with zero attached hydrogens (tertiary/aromatic N) is 1. The van der Waals surface area contributed by atoms with E-state index in [1.165, 1.54) is 0 Å². The number of pyridine rings is 1. The first-order chi connectivity index (χ1) is 6.16. The Morgan fingerprint density at radius 2 is 2.23 bits per heavy atom. The third kappa shape index (κ3) is 1.37. The molecule has 0 fully saturated rings. The van der Waals surface area contributed by atoms with Crippen molar-refractivity contribution in [2.24, 2.45) is 0 Å². The Morgan fingerprint density at radius 3 is 3.00 bits per heavy atom. The van der Waals surface area contributed by atoms with E-state index in [-0.39, 0.29) is 12.0 Å². The molecule has 2 N–H and O–H groups in total. The van der Waals surface area contributed by atoms with Crippen LogP contribution in [0.15, 0.2) is 12.1 Å². The minimum absolute atomic E-state index is 0.0469. The van der Waals surface area contributed by atoms with Crippen LogP contribution in [0.3, 0.4) is 0 Å². The van der Waals surface area contributed by atoms with Crippen LogP contribution in [-0.2, 0) is 0 Å². The minimum atomic E-state index is -0.0613. The summed E-state index contributed by atoms with van der Waals surface area (Å²) in [5.74, 6) is 0.616. The normalized spacial score (nSPS) is 20.1. The number of hydrogen-bond donors (Lipinski definition) is 2. The molecule has 1 aliphatic rings. The molecule has 13 heavy (non-hydrogen) atoms. The second kappa shape index (κ2) is 2.76. The largest absolute Gasteiger partial charge is 0.358 e. The lowest BCUT2D eigenvalue weighted by Crippen LogP contribution is -2.45. The Hall–Kier alpha value is -1.52. The van der Waals surface area contributed by atoms with E-state index >= 15 is 0 Å². The molecule has 2 heterocycles. The first kappa shape index (κ1) is 8.10. The number of aryl methyl sites for hydroxylation is 1. The average Bonchev–Trinajstić information content (AvgIpc) is 2.02. The van der Waals surface area contributed by atoms with Crippen LogP contribution in [0.25, 0.3) is 0 Å². The summed E-state index contributed by atoms with van der Waals surface area (Å²) in [4.78, 5) is 15.7. The number of carbonyl (C=O) groups excluding carboxylic acids is 1. The SMILES string of the molecule is BC1NC(=O)c2ccc(C)nc2N1. The van der Waals surface area contributed by atoms with E-state index in [1.54, 1.807) is 6.07 Å². The number of anilines is 1. The summed E-state index contributed by atoms with van der Waals surface area (Å²) < 4.78 is 0. The summed E-state index contributed by atoms with van der Waals surface area (Å²) in [6.45, 7) is 1.90. The van der Waals surface area contributed by atoms with E-state index in [1.807, 2.05) is 20.8 Å². The number of carbonyl (C=O) groups is 1. The second-order valence-electron chi connectivity index (χ2n) is 3.19. The molecule has 1 aliphatic heterocycles. The molecule has 4 nitrogen and oxygen atoms in total. The maximum atomic E-state index is 11.4. The molecular weight excluding hydrogens is 165 g/mol. The molecule has 5 heteroatoms. The smallest absolute Gasteiger partial charge is 0.256 e. The molecule has 1 amide bonds. The van der Waals surface area contributed by atoms with Gasteiger partial charge in [0.05, 0.1) is 11.6 Å². The highest BCUT2D eigenvalue weighted by atomic mass is 16.2. The van der Waals surface area contributed by atoms with Gasteiger partial charge >= 0.3 is 0 Å². The average molecular weight is 175 g/mol. The van der Waals surface area contributed by atoms with Crippen molar-refractivity contribution < 1.29 is 4.79 Å². The molecule has 1 unspecified atom stereocenters. The zero-order chi connectivity index (χ0) is 9.42. The van der Waals surface area contributed by atoms with Crippen LogP contribution in [0.1, 0.15) is 16.1 Å². The van der Waals surface area contributed by atoms with Crippen molar-refractivity contribution in [3.63, 3.8) is 0 Å². The fourth-order valence-corrected chi connectivity index (χ4v) is 1.37. The van der Waals surface area contributed by atoms with Crippen molar-refractivity contribution in [1.82, 2.24) is 10.3 Å². The topological polar surface area (TPSA) is 54.0 Å². The fourth-order valence-electron chi connectivity index (χ4n) is 1.37. The van der Waals surface area contributed by atoms with Crippen LogP contribution in [-0.4, -0.2) is 24.8 Å². The Morgan fingerprint density at radius 1 is 1.46 bits per heavy atom. The predicted molar refractivity (Wildman–Crippen MR) is 52.4 cm³/mol. The van der Waals surface area contributed by atoms with Gasteiger partial charge in [-0.25, -0.2) is 4.98 Å². The van der Waals surface area contributed by atoms with E-state index in [4.69, 9.17) is 0 Å². The lowest BCUT2D eigenvalue weighted by molar-refractivity contribution is 0.0947. The van der Waals surface area contributed by atoms with E-state index in [2.05, 4.69) is 15.6 Å². The minimum Gasteiger partial charge on any atom is -0.358 e. The predicted octanol–water partition coefficient (Wildman–Crippen LogP) is -0.538. The monoisotopic (exact) mass is 175 g/mol. The maximum Gasteiger partial charge on any atom is 0.256 e. The molecule has 0 radical (unpaired) electrons. The quantitative estimate of drug-likeness (QED) is 0.520. The van der Waals surface area contributed by atoms with Gasteiger partial charge in [0.15, 0.2) is 7.85 Å². The summed E-state index contributed by atoms with van der Waals surface area (Å²) in [6.07, 6.45) is 0. The van der Waals surface area contributed by atoms with Crippen LogP contribution in [0.5, 0.6) is 0 Å². The molecule has 1 aromatic heterocycles. The van der Waals surface area contributed by atoms with Gasteiger partial charge in [-0.05, 0) is 19.1 Å². The standard InChI is InChI=1S/C8H10BN3O/c1-4-2-3-5-6(10-4)11-8(9)12-7(5)13/h2-3,8H,9H2,1H3,(H,10,11)(H,12,13). The van der Waals surface area contributed by atoms with Gasteiger partial charge in [0, 0.05) is 5.69 Å². The summed E-state index contributed by atoms with van der Waals surface area (Å²) in [7, 11) is 1.88. The highest BCUT2D eigenvalue weighted by Crippen LogP contribution is 2.16. The Labute approximate surface area is 77.2 Å². The van der Waals surface area contributed by atoms with Crippen molar-refractivity contribution in [1.29, 1.82) is 0 Å². The lowest BCUT2D eigenvalue weighted by atomic mass is 10.0. The highest BCUT2D eigenvalue weighted by molar-refractivity contribution is 6.17. The first-order valence-electron chi connectivity index (χ1n) is 4.22. The van der Waals surface area contributed by atoms with Crippen LogP contribution in [0, 0.1) is 6.92 Å². The van der Waals surface area contributed by atoms with E-state index in [9.17, 15) is 4.79 Å². The Balaban J connectivity index is 2.49. The molecule has 2 rings (SSSR count). The Kier molecular flexibility index (Phi) is 1.72. The maximum absolute atomic E-state index is 11.4. The molecule has 0 spiro atoms. The van der Waals surface area contributed by atoms with E-state index in [0.29, 0.717) is 11.4 Å².